The van der Waals surface area contributed by atoms with Crippen molar-refractivity contribution in [2.75, 3.05) is 6.61 Å². The number of aryl methyl sites for hydroxylation is 2. The smallest absolute Gasteiger partial charge is 0.241 e. The molecule has 0 bridgehead atoms. The molecule has 1 rings (SSSR count). The van der Waals surface area contributed by atoms with Gasteiger partial charge in [-0.3, -0.25) is 0 Å². The molecule has 0 radical (unpaired) electrons. The van der Waals surface area contributed by atoms with Gasteiger partial charge < -0.3 is 5.11 Å². The van der Waals surface area contributed by atoms with E-state index < -0.39 is 16.1 Å². The first-order valence-electron chi connectivity index (χ1n) is 5.98. The highest BCUT2D eigenvalue weighted by molar-refractivity contribution is 7.89. The van der Waals surface area contributed by atoms with Crippen LogP contribution >= 0.6 is 0 Å². The van der Waals surface area contributed by atoms with E-state index in [1.807, 2.05) is 26.8 Å². The second-order valence-corrected chi connectivity index (χ2v) is 6.61. The largest absolute Gasteiger partial charge is 0.395 e. The summed E-state index contributed by atoms with van der Waals surface area (Å²) in [6.07, 6.45) is 0. The topological polar surface area (TPSA) is 66.4 Å². The lowest BCUT2D eigenvalue weighted by molar-refractivity contribution is 0.227. The minimum absolute atomic E-state index is 0.0369. The summed E-state index contributed by atoms with van der Waals surface area (Å²) in [6.45, 7) is 7.14. The number of hydrogen-bond acceptors (Lipinski definition) is 3. The molecule has 0 amide bonds. The van der Waals surface area contributed by atoms with E-state index in [-0.39, 0.29) is 17.4 Å². The van der Waals surface area contributed by atoms with Crippen molar-refractivity contribution in [1.29, 1.82) is 0 Å². The molecule has 0 aliphatic carbocycles. The molecular formula is C13H21NO3S. The summed E-state index contributed by atoms with van der Waals surface area (Å²) >= 11 is 0. The summed E-state index contributed by atoms with van der Waals surface area (Å²) in [4.78, 5) is 0.279. The Hall–Kier alpha value is -0.910. The van der Waals surface area contributed by atoms with Crippen LogP contribution in [0.3, 0.4) is 0 Å². The zero-order chi connectivity index (χ0) is 13.9. The number of sulfonamides is 1. The summed E-state index contributed by atoms with van der Waals surface area (Å²) in [5.74, 6) is 0.0369. The van der Waals surface area contributed by atoms with Gasteiger partial charge in [-0.2, -0.15) is 0 Å². The normalized spacial score (nSPS) is 13.9. The van der Waals surface area contributed by atoms with Gasteiger partial charge in [-0.1, -0.05) is 26.0 Å². The molecule has 18 heavy (non-hydrogen) atoms. The van der Waals surface area contributed by atoms with Crippen LogP contribution in [0.1, 0.15) is 25.0 Å². The molecule has 5 heteroatoms. The summed E-state index contributed by atoms with van der Waals surface area (Å²) in [7, 11) is -3.58. The van der Waals surface area contributed by atoms with Crippen LogP contribution in [0.25, 0.3) is 0 Å². The van der Waals surface area contributed by atoms with Crippen LogP contribution < -0.4 is 4.72 Å². The molecule has 2 N–H and O–H groups in total. The van der Waals surface area contributed by atoms with E-state index >= 15 is 0 Å². The first kappa shape index (κ1) is 15.1. The molecule has 0 unspecified atom stereocenters. The van der Waals surface area contributed by atoms with Gasteiger partial charge in [-0.25, -0.2) is 13.1 Å². The van der Waals surface area contributed by atoms with E-state index in [2.05, 4.69) is 4.72 Å². The Morgan fingerprint density at radius 1 is 1.28 bits per heavy atom. The van der Waals surface area contributed by atoms with Crippen molar-refractivity contribution in [1.82, 2.24) is 4.72 Å². The maximum absolute atomic E-state index is 12.3. The molecule has 0 saturated heterocycles. The molecule has 0 fully saturated rings. The standard InChI is InChI=1S/C13H21NO3S/c1-9(2)12(8-15)14-18(16,17)13-7-10(3)5-6-11(13)4/h5-7,9,12,14-15H,8H2,1-4H3/t12-/m1/s1. The predicted octanol–water partition coefficient (Wildman–Crippen LogP) is 1.60. The zero-order valence-corrected chi connectivity index (χ0v) is 12.1. The predicted molar refractivity (Wildman–Crippen MR) is 71.9 cm³/mol. The molecule has 0 heterocycles. The number of rotatable bonds is 5. The van der Waals surface area contributed by atoms with E-state index in [9.17, 15) is 13.5 Å². The van der Waals surface area contributed by atoms with E-state index in [4.69, 9.17) is 0 Å². The van der Waals surface area contributed by atoms with Gasteiger partial charge in [0.25, 0.3) is 0 Å². The third-order valence-electron chi connectivity index (χ3n) is 2.94. The van der Waals surface area contributed by atoms with Crippen molar-refractivity contribution >= 4 is 10.0 Å². The minimum atomic E-state index is -3.58. The van der Waals surface area contributed by atoms with Crippen molar-refractivity contribution in [3.63, 3.8) is 0 Å². The second kappa shape index (κ2) is 5.82. The number of aliphatic hydroxyl groups is 1. The third kappa shape index (κ3) is 3.54. The van der Waals surface area contributed by atoms with Crippen molar-refractivity contribution in [3.05, 3.63) is 29.3 Å². The molecule has 102 valence electrons. The van der Waals surface area contributed by atoms with Crippen LogP contribution in [-0.4, -0.2) is 26.2 Å². The Bertz CT molecular complexity index is 509. The average Bonchev–Trinajstić information content (AvgIpc) is 2.28. The minimum Gasteiger partial charge on any atom is -0.395 e. The van der Waals surface area contributed by atoms with Crippen molar-refractivity contribution in [2.24, 2.45) is 5.92 Å². The van der Waals surface area contributed by atoms with E-state index in [0.717, 1.165) is 5.56 Å². The molecule has 1 aromatic rings. The van der Waals surface area contributed by atoms with Gasteiger partial charge in [0.1, 0.15) is 0 Å². The van der Waals surface area contributed by atoms with Crippen LogP contribution in [0.15, 0.2) is 23.1 Å². The Labute approximate surface area is 109 Å². The van der Waals surface area contributed by atoms with Crippen LogP contribution in [0.5, 0.6) is 0 Å². The summed E-state index contributed by atoms with van der Waals surface area (Å²) in [6, 6.07) is 4.84. The number of hydrogen-bond donors (Lipinski definition) is 2. The van der Waals surface area contributed by atoms with Gasteiger partial charge in [-0.05, 0) is 37.0 Å². The van der Waals surface area contributed by atoms with Crippen LogP contribution in [-0.2, 0) is 10.0 Å². The van der Waals surface area contributed by atoms with E-state index in [1.54, 1.807) is 19.1 Å². The van der Waals surface area contributed by atoms with Gasteiger partial charge >= 0.3 is 0 Å². The van der Waals surface area contributed by atoms with Gasteiger partial charge in [0, 0.05) is 6.04 Å². The highest BCUT2D eigenvalue weighted by Gasteiger charge is 2.23. The van der Waals surface area contributed by atoms with Gasteiger partial charge in [0.2, 0.25) is 10.0 Å². The van der Waals surface area contributed by atoms with E-state index in [0.29, 0.717) is 5.56 Å². The lowest BCUT2D eigenvalue weighted by Crippen LogP contribution is -2.41. The number of aliphatic hydroxyl groups excluding tert-OH is 1. The van der Waals surface area contributed by atoms with Gasteiger partial charge in [-0.15, -0.1) is 0 Å². The monoisotopic (exact) mass is 271 g/mol. The number of benzene rings is 1. The molecular weight excluding hydrogens is 250 g/mol. The van der Waals surface area contributed by atoms with Crippen molar-refractivity contribution in [2.45, 2.75) is 38.6 Å². The van der Waals surface area contributed by atoms with E-state index in [1.165, 1.54) is 0 Å². The van der Waals surface area contributed by atoms with Gasteiger partial charge in [0.15, 0.2) is 0 Å². The van der Waals surface area contributed by atoms with Crippen molar-refractivity contribution in [3.8, 4) is 0 Å². The first-order chi connectivity index (χ1) is 8.27. The fourth-order valence-corrected chi connectivity index (χ4v) is 3.35. The maximum Gasteiger partial charge on any atom is 0.241 e. The Morgan fingerprint density at radius 2 is 1.89 bits per heavy atom. The van der Waals surface area contributed by atoms with Crippen molar-refractivity contribution < 1.29 is 13.5 Å². The zero-order valence-electron chi connectivity index (χ0n) is 11.3. The highest BCUT2D eigenvalue weighted by atomic mass is 32.2. The lowest BCUT2D eigenvalue weighted by atomic mass is 10.1. The summed E-state index contributed by atoms with van der Waals surface area (Å²) in [5.41, 5.74) is 1.60. The Kier molecular flexibility index (Phi) is 4.90. The van der Waals surface area contributed by atoms with Crippen LogP contribution in [0.2, 0.25) is 0 Å². The maximum atomic E-state index is 12.3. The molecule has 0 saturated carbocycles. The van der Waals surface area contributed by atoms with Crippen LogP contribution in [0, 0.1) is 19.8 Å². The Balaban J connectivity index is 3.10. The fourth-order valence-electron chi connectivity index (χ4n) is 1.64. The van der Waals surface area contributed by atoms with Crippen LogP contribution in [0.4, 0.5) is 0 Å². The SMILES string of the molecule is Cc1ccc(C)c(S(=O)(=O)N[C@H](CO)C(C)C)c1. The molecule has 0 aromatic heterocycles. The highest BCUT2D eigenvalue weighted by Crippen LogP contribution is 2.17. The molecule has 4 nitrogen and oxygen atoms in total. The number of nitrogens with one attached hydrogen (secondary N) is 1. The molecule has 0 aliphatic heterocycles. The molecule has 1 atom stereocenters. The Morgan fingerprint density at radius 3 is 2.39 bits per heavy atom. The fraction of sp³-hybridized carbons (Fsp3) is 0.538. The summed E-state index contributed by atoms with van der Waals surface area (Å²) < 4.78 is 27.1. The third-order valence-corrected chi connectivity index (χ3v) is 4.57. The summed E-state index contributed by atoms with van der Waals surface area (Å²) in [5, 5.41) is 9.20. The lowest BCUT2D eigenvalue weighted by Gasteiger charge is -2.20. The second-order valence-electron chi connectivity index (χ2n) is 4.92. The molecule has 1 aromatic carbocycles. The van der Waals surface area contributed by atoms with Gasteiger partial charge in [0.05, 0.1) is 11.5 Å². The molecule has 0 aliphatic rings. The quantitative estimate of drug-likeness (QED) is 0.855. The average molecular weight is 271 g/mol. The molecule has 0 spiro atoms. The first-order valence-corrected chi connectivity index (χ1v) is 7.46.